The molecule has 0 aromatic carbocycles. The summed E-state index contributed by atoms with van der Waals surface area (Å²) in [6.45, 7) is 8.51. The molecule has 2 nitrogen and oxygen atoms in total. The molecule has 13 heavy (non-hydrogen) atoms. The zero-order valence-corrected chi connectivity index (χ0v) is 10.7. The summed E-state index contributed by atoms with van der Waals surface area (Å²) in [4.78, 5) is 10.4. The normalized spacial score (nSPS) is 8.62. The number of hydrogen-bond donors (Lipinski definition) is 1. The van der Waals surface area contributed by atoms with Crippen molar-refractivity contribution in [2.75, 3.05) is 18.1 Å². The van der Waals surface area contributed by atoms with E-state index in [0.29, 0.717) is 0 Å². The Morgan fingerprint density at radius 1 is 1.38 bits per heavy atom. The summed E-state index contributed by atoms with van der Waals surface area (Å²) in [6.07, 6.45) is 1.07. The highest BCUT2D eigenvalue weighted by molar-refractivity contribution is 8.76. The predicted molar refractivity (Wildman–Crippen MR) is 67.4 cm³/mol. The zero-order valence-electron chi connectivity index (χ0n) is 9.05. The second kappa shape index (κ2) is 14.7. The molecule has 0 atom stereocenters. The van der Waals surface area contributed by atoms with Gasteiger partial charge in [0.05, 0.1) is 0 Å². The van der Waals surface area contributed by atoms with Crippen LogP contribution in [-0.4, -0.2) is 24.0 Å². The lowest BCUT2D eigenvalue weighted by Crippen LogP contribution is -2.21. The first kappa shape index (κ1) is 15.6. The minimum atomic E-state index is 0. The largest absolute Gasteiger partial charge is 0.356 e. The minimum absolute atomic E-state index is 0. The molecule has 0 aromatic rings. The summed E-state index contributed by atoms with van der Waals surface area (Å²) >= 11 is 0. The van der Waals surface area contributed by atoms with Crippen LogP contribution >= 0.6 is 21.6 Å². The maximum absolute atomic E-state index is 10.4. The highest BCUT2D eigenvalue weighted by Crippen LogP contribution is 2.20. The molecule has 0 radical (unpaired) electrons. The van der Waals surface area contributed by atoms with Gasteiger partial charge in [0.2, 0.25) is 5.91 Å². The van der Waals surface area contributed by atoms with Crippen molar-refractivity contribution < 1.29 is 6.22 Å². The van der Waals surface area contributed by atoms with Crippen molar-refractivity contribution in [2.45, 2.75) is 34.1 Å². The summed E-state index contributed by atoms with van der Waals surface area (Å²) in [5, 5.41) is 2.76. The molecule has 0 aliphatic carbocycles. The van der Waals surface area contributed by atoms with Crippen molar-refractivity contribution in [3.05, 3.63) is 0 Å². The Labute approximate surface area is 91.5 Å². The first-order valence-electron chi connectivity index (χ1n) is 4.76. The summed E-state index contributed by atoms with van der Waals surface area (Å²) in [5.41, 5.74) is 0. The molecule has 0 bridgehead atoms. The number of rotatable bonds is 6. The van der Waals surface area contributed by atoms with Crippen molar-refractivity contribution in [3.63, 3.8) is 0 Å². The summed E-state index contributed by atoms with van der Waals surface area (Å²) in [6, 6.07) is 0. The summed E-state index contributed by atoms with van der Waals surface area (Å²) < 4.78 is 0. The van der Waals surface area contributed by atoms with Gasteiger partial charge in [0.1, 0.15) is 0 Å². The van der Waals surface area contributed by atoms with E-state index in [9.17, 15) is 4.79 Å². The van der Waals surface area contributed by atoms with Crippen molar-refractivity contribution in [2.24, 2.45) is 0 Å². The lowest BCUT2D eigenvalue weighted by molar-refractivity contribution is -0.118. The Morgan fingerprint density at radius 3 is 2.46 bits per heavy atom. The molecule has 4 heteroatoms. The van der Waals surface area contributed by atoms with E-state index >= 15 is 0 Å². The van der Waals surface area contributed by atoms with Gasteiger partial charge in [-0.05, 0) is 6.42 Å². The van der Waals surface area contributed by atoms with E-state index < -0.39 is 0 Å². The number of carbonyl (C=O) groups is 1. The third-order valence-electron chi connectivity index (χ3n) is 0.980. The van der Waals surface area contributed by atoms with E-state index in [-0.39, 0.29) is 7.33 Å². The summed E-state index contributed by atoms with van der Waals surface area (Å²) in [7, 11) is 3.74. The molecule has 82 valence electrons. The number of carbonyl (C=O) groups excluding carboxylic acids is 1. The van der Waals surface area contributed by atoms with Crippen LogP contribution in [0.5, 0.6) is 0 Å². The topological polar surface area (TPSA) is 29.1 Å². The maximum Gasteiger partial charge on any atom is 0.216 e. The van der Waals surface area contributed by atoms with Gasteiger partial charge in [0.15, 0.2) is 0 Å². The molecule has 0 saturated carbocycles. The fourth-order valence-electron chi connectivity index (χ4n) is 0.538. The van der Waals surface area contributed by atoms with Gasteiger partial charge in [-0.25, -0.2) is 0 Å². The predicted octanol–water partition coefficient (Wildman–Crippen LogP) is 3.19. The Kier molecular flexibility index (Phi) is 17.7. The highest BCUT2D eigenvalue weighted by atomic mass is 33.1. The van der Waals surface area contributed by atoms with Gasteiger partial charge in [-0.15, -0.1) is 0 Å². The van der Waals surface area contributed by atoms with Gasteiger partial charge in [-0.1, -0.05) is 42.4 Å². The molecule has 1 N–H and O–H groups in total. The average Bonchev–Trinajstić information content (AvgIpc) is 2.14. The number of nitrogens with one attached hydrogen (secondary N) is 1. The Hall–Kier alpha value is 0.170. The van der Waals surface area contributed by atoms with Crippen molar-refractivity contribution in [3.8, 4) is 0 Å². The first-order valence-corrected chi connectivity index (χ1v) is 7.25. The highest BCUT2D eigenvalue weighted by Gasteiger charge is 1.90. The molecule has 0 unspecified atom stereocenters. The van der Waals surface area contributed by atoms with E-state index in [1.807, 2.05) is 35.4 Å². The van der Waals surface area contributed by atoms with Gasteiger partial charge in [-0.2, -0.15) is 0 Å². The average molecular weight is 225 g/mol. The third-order valence-corrected chi connectivity index (χ3v) is 3.54. The molecule has 0 fully saturated rings. The van der Waals surface area contributed by atoms with Crippen LogP contribution < -0.4 is 5.32 Å². The van der Waals surface area contributed by atoms with Crippen molar-refractivity contribution >= 4 is 27.5 Å². The van der Waals surface area contributed by atoms with E-state index in [2.05, 4.69) is 12.2 Å². The molecule has 0 aliphatic heterocycles. The zero-order chi connectivity index (χ0) is 10.5. The molecule has 1 amide bonds. The van der Waals surface area contributed by atoms with Crippen LogP contribution in [0.15, 0.2) is 0 Å². The fraction of sp³-hybridized carbons (Fsp3) is 0.889. The monoisotopic (exact) mass is 225 g/mol. The SMILES string of the molecule is CC.CCSSCCCNC(C)=O.[HH]. The van der Waals surface area contributed by atoms with E-state index in [4.69, 9.17) is 0 Å². The second-order valence-corrected chi connectivity index (χ2v) is 4.94. The Morgan fingerprint density at radius 2 is 2.00 bits per heavy atom. The maximum atomic E-state index is 10.4. The van der Waals surface area contributed by atoms with Crippen molar-refractivity contribution in [1.82, 2.24) is 5.32 Å². The third kappa shape index (κ3) is 18.9. The Bertz CT molecular complexity index is 115. The van der Waals surface area contributed by atoms with Crippen molar-refractivity contribution in [1.29, 1.82) is 0 Å². The van der Waals surface area contributed by atoms with E-state index in [1.165, 1.54) is 0 Å². The van der Waals surface area contributed by atoms with Crippen LogP contribution in [0.3, 0.4) is 0 Å². The van der Waals surface area contributed by atoms with Crippen LogP contribution in [0, 0.1) is 0 Å². The molecule has 0 heterocycles. The Balaban J connectivity index is -0.000000376. The fourth-order valence-corrected chi connectivity index (χ4v) is 2.29. The number of amides is 1. The molecule has 0 saturated heterocycles. The first-order chi connectivity index (χ1) is 6.27. The minimum Gasteiger partial charge on any atom is -0.356 e. The van der Waals surface area contributed by atoms with Gasteiger partial charge in [0.25, 0.3) is 0 Å². The number of hydrogen-bond acceptors (Lipinski definition) is 3. The van der Waals surface area contributed by atoms with Crippen LogP contribution in [0.2, 0.25) is 0 Å². The van der Waals surface area contributed by atoms with Gasteiger partial charge >= 0.3 is 0 Å². The van der Waals surface area contributed by atoms with E-state index in [0.717, 1.165) is 24.5 Å². The molecule has 0 aromatic heterocycles. The van der Waals surface area contributed by atoms with Crippen LogP contribution in [0.25, 0.3) is 0 Å². The molecule has 0 aliphatic rings. The van der Waals surface area contributed by atoms with Crippen LogP contribution in [0.4, 0.5) is 0 Å². The molecular weight excluding hydrogens is 202 g/mol. The lowest BCUT2D eigenvalue weighted by Gasteiger charge is -2.00. The van der Waals surface area contributed by atoms with Gasteiger partial charge in [-0.3, -0.25) is 4.79 Å². The standard InChI is InChI=1S/C7H15NOS2.C2H6.H2/c1-3-10-11-6-4-5-8-7(2)9;1-2;/h3-6H2,1-2H3,(H,8,9);1-2H3;1H. The molecule has 0 rings (SSSR count). The molecule has 0 spiro atoms. The van der Waals surface area contributed by atoms with Gasteiger partial charge < -0.3 is 5.32 Å². The smallest absolute Gasteiger partial charge is 0.216 e. The second-order valence-electron chi connectivity index (χ2n) is 2.07. The van der Waals surface area contributed by atoms with Gasteiger partial charge in [0, 0.05) is 26.4 Å². The summed E-state index contributed by atoms with van der Waals surface area (Å²) in [5.74, 6) is 2.35. The molecular formula is C9H23NOS2. The lowest BCUT2D eigenvalue weighted by atomic mass is 10.5. The van der Waals surface area contributed by atoms with Crippen LogP contribution in [-0.2, 0) is 4.79 Å². The van der Waals surface area contributed by atoms with E-state index in [1.54, 1.807) is 6.92 Å². The van der Waals surface area contributed by atoms with Crippen LogP contribution in [0.1, 0.15) is 35.5 Å². The quantitative estimate of drug-likeness (QED) is 0.556.